The summed E-state index contributed by atoms with van der Waals surface area (Å²) in [6, 6.07) is 4.00. The first kappa shape index (κ1) is 11.3. The van der Waals surface area contributed by atoms with Crippen molar-refractivity contribution >= 4 is 5.82 Å². The second-order valence-electron chi connectivity index (χ2n) is 4.43. The van der Waals surface area contributed by atoms with E-state index in [4.69, 9.17) is 5.73 Å². The molecule has 0 unspecified atom stereocenters. The van der Waals surface area contributed by atoms with Gasteiger partial charge in [0, 0.05) is 19.6 Å². The van der Waals surface area contributed by atoms with Crippen LogP contribution in [0.2, 0.25) is 0 Å². The standard InChI is InChI=1S/C12H20N4/c1-2-10-5-7-16(8-6-10)12-4-3-11(9-13)14-15-12/h3-4,10H,2,5-9,13H2,1H3. The summed E-state index contributed by atoms with van der Waals surface area (Å²) >= 11 is 0. The van der Waals surface area contributed by atoms with Crippen molar-refractivity contribution in [3.63, 3.8) is 0 Å². The van der Waals surface area contributed by atoms with Crippen molar-refractivity contribution in [2.45, 2.75) is 32.7 Å². The molecule has 1 fully saturated rings. The Morgan fingerprint density at radius 2 is 2.06 bits per heavy atom. The summed E-state index contributed by atoms with van der Waals surface area (Å²) in [4.78, 5) is 2.32. The first-order valence-corrected chi connectivity index (χ1v) is 6.11. The average Bonchev–Trinajstić information content (AvgIpc) is 2.39. The minimum absolute atomic E-state index is 0.463. The van der Waals surface area contributed by atoms with E-state index in [0.29, 0.717) is 6.54 Å². The second kappa shape index (κ2) is 5.25. The monoisotopic (exact) mass is 220 g/mol. The number of piperidine rings is 1. The third-order valence-electron chi connectivity index (χ3n) is 3.43. The van der Waals surface area contributed by atoms with Crippen LogP contribution in [0, 0.1) is 5.92 Å². The molecule has 0 spiro atoms. The quantitative estimate of drug-likeness (QED) is 0.840. The van der Waals surface area contributed by atoms with E-state index in [-0.39, 0.29) is 0 Å². The van der Waals surface area contributed by atoms with Gasteiger partial charge in [-0.1, -0.05) is 13.3 Å². The average molecular weight is 220 g/mol. The molecule has 4 heteroatoms. The fourth-order valence-corrected chi connectivity index (χ4v) is 2.20. The number of anilines is 1. The molecular weight excluding hydrogens is 200 g/mol. The topological polar surface area (TPSA) is 55.0 Å². The maximum Gasteiger partial charge on any atom is 0.151 e. The van der Waals surface area contributed by atoms with Crippen molar-refractivity contribution in [3.05, 3.63) is 17.8 Å². The predicted molar refractivity (Wildman–Crippen MR) is 65.2 cm³/mol. The van der Waals surface area contributed by atoms with Gasteiger partial charge < -0.3 is 10.6 Å². The molecule has 16 heavy (non-hydrogen) atoms. The van der Waals surface area contributed by atoms with Crippen LogP contribution in [0.1, 0.15) is 31.9 Å². The van der Waals surface area contributed by atoms with Crippen molar-refractivity contribution < 1.29 is 0 Å². The Bertz CT molecular complexity index is 314. The molecule has 1 saturated heterocycles. The van der Waals surface area contributed by atoms with Gasteiger partial charge in [0.2, 0.25) is 0 Å². The van der Waals surface area contributed by atoms with Crippen LogP contribution in [0.15, 0.2) is 12.1 Å². The van der Waals surface area contributed by atoms with E-state index in [9.17, 15) is 0 Å². The third-order valence-corrected chi connectivity index (χ3v) is 3.43. The van der Waals surface area contributed by atoms with Crippen LogP contribution in [0.5, 0.6) is 0 Å². The van der Waals surface area contributed by atoms with Gasteiger partial charge in [0.05, 0.1) is 5.69 Å². The SMILES string of the molecule is CCC1CCN(c2ccc(CN)nn2)CC1. The Labute approximate surface area is 96.9 Å². The van der Waals surface area contributed by atoms with Crippen LogP contribution >= 0.6 is 0 Å². The fourth-order valence-electron chi connectivity index (χ4n) is 2.20. The highest BCUT2D eigenvalue weighted by Gasteiger charge is 2.18. The van der Waals surface area contributed by atoms with Gasteiger partial charge in [0.25, 0.3) is 0 Å². The Hall–Kier alpha value is -1.16. The molecule has 2 N–H and O–H groups in total. The molecule has 2 rings (SSSR count). The molecule has 1 aromatic heterocycles. The van der Waals surface area contributed by atoms with Crippen LogP contribution in [-0.2, 0) is 6.54 Å². The summed E-state index contributed by atoms with van der Waals surface area (Å²) < 4.78 is 0. The molecule has 0 amide bonds. The first-order chi connectivity index (χ1) is 7.83. The van der Waals surface area contributed by atoms with Gasteiger partial charge in [-0.05, 0) is 30.9 Å². The van der Waals surface area contributed by atoms with Gasteiger partial charge in [-0.2, -0.15) is 5.10 Å². The highest BCUT2D eigenvalue weighted by molar-refractivity contribution is 5.37. The zero-order valence-corrected chi connectivity index (χ0v) is 9.89. The molecule has 0 aromatic carbocycles. The van der Waals surface area contributed by atoms with E-state index >= 15 is 0 Å². The van der Waals surface area contributed by atoms with Gasteiger partial charge in [0.1, 0.15) is 0 Å². The summed E-state index contributed by atoms with van der Waals surface area (Å²) in [5.74, 6) is 1.89. The van der Waals surface area contributed by atoms with Gasteiger partial charge in [0.15, 0.2) is 5.82 Å². The summed E-state index contributed by atoms with van der Waals surface area (Å²) in [6.45, 7) is 4.95. The molecule has 0 radical (unpaired) electrons. The van der Waals surface area contributed by atoms with E-state index in [0.717, 1.165) is 30.5 Å². The third kappa shape index (κ3) is 2.50. The van der Waals surface area contributed by atoms with E-state index in [2.05, 4.69) is 22.0 Å². The first-order valence-electron chi connectivity index (χ1n) is 6.11. The van der Waals surface area contributed by atoms with Crippen molar-refractivity contribution in [3.8, 4) is 0 Å². The normalized spacial score (nSPS) is 17.8. The molecule has 4 nitrogen and oxygen atoms in total. The van der Waals surface area contributed by atoms with Crippen molar-refractivity contribution in [1.29, 1.82) is 0 Å². The Morgan fingerprint density at radius 1 is 1.31 bits per heavy atom. The Balaban J connectivity index is 1.97. The van der Waals surface area contributed by atoms with Crippen molar-refractivity contribution in [2.75, 3.05) is 18.0 Å². The lowest BCUT2D eigenvalue weighted by Gasteiger charge is -2.31. The summed E-state index contributed by atoms with van der Waals surface area (Å²) in [5, 5.41) is 8.31. The van der Waals surface area contributed by atoms with E-state index in [1.807, 2.05) is 12.1 Å². The van der Waals surface area contributed by atoms with Crippen LogP contribution in [-0.4, -0.2) is 23.3 Å². The second-order valence-corrected chi connectivity index (χ2v) is 4.43. The molecule has 88 valence electrons. The summed E-state index contributed by atoms with van der Waals surface area (Å²) in [7, 11) is 0. The van der Waals surface area contributed by atoms with Gasteiger partial charge in [-0.3, -0.25) is 0 Å². The molecule has 0 saturated carbocycles. The van der Waals surface area contributed by atoms with Crippen molar-refractivity contribution in [2.24, 2.45) is 11.7 Å². The number of hydrogen-bond donors (Lipinski definition) is 1. The van der Waals surface area contributed by atoms with E-state index < -0.39 is 0 Å². The van der Waals surface area contributed by atoms with Gasteiger partial charge in [-0.15, -0.1) is 5.10 Å². The van der Waals surface area contributed by atoms with Crippen LogP contribution in [0.4, 0.5) is 5.82 Å². The minimum Gasteiger partial charge on any atom is -0.355 e. The molecule has 1 aliphatic heterocycles. The molecular formula is C12H20N4. The van der Waals surface area contributed by atoms with Gasteiger partial charge >= 0.3 is 0 Å². The highest BCUT2D eigenvalue weighted by atomic mass is 15.3. The maximum absolute atomic E-state index is 5.50. The van der Waals surface area contributed by atoms with Crippen LogP contribution < -0.4 is 10.6 Å². The molecule has 0 aliphatic carbocycles. The lowest BCUT2D eigenvalue weighted by molar-refractivity contribution is 0.393. The number of nitrogens with two attached hydrogens (primary N) is 1. The molecule has 1 aliphatic rings. The van der Waals surface area contributed by atoms with Crippen LogP contribution in [0.3, 0.4) is 0 Å². The zero-order chi connectivity index (χ0) is 11.4. The highest BCUT2D eigenvalue weighted by Crippen LogP contribution is 2.23. The smallest absolute Gasteiger partial charge is 0.151 e. The molecule has 0 bridgehead atoms. The van der Waals surface area contributed by atoms with Crippen molar-refractivity contribution in [1.82, 2.24) is 10.2 Å². The summed E-state index contributed by atoms with van der Waals surface area (Å²) in [5.41, 5.74) is 6.35. The minimum atomic E-state index is 0.463. The number of nitrogens with zero attached hydrogens (tertiary/aromatic N) is 3. The fraction of sp³-hybridized carbons (Fsp3) is 0.667. The zero-order valence-electron chi connectivity index (χ0n) is 9.89. The molecule has 0 atom stereocenters. The predicted octanol–water partition coefficient (Wildman–Crippen LogP) is 1.56. The van der Waals surface area contributed by atoms with Crippen LogP contribution in [0.25, 0.3) is 0 Å². The van der Waals surface area contributed by atoms with E-state index in [1.165, 1.54) is 19.3 Å². The van der Waals surface area contributed by atoms with E-state index in [1.54, 1.807) is 0 Å². The number of aromatic nitrogens is 2. The van der Waals surface area contributed by atoms with Gasteiger partial charge in [-0.25, -0.2) is 0 Å². The molecule has 2 heterocycles. The Morgan fingerprint density at radius 3 is 2.56 bits per heavy atom. The number of rotatable bonds is 3. The lowest BCUT2D eigenvalue weighted by atomic mass is 9.94. The maximum atomic E-state index is 5.50. The lowest BCUT2D eigenvalue weighted by Crippen LogP contribution is -2.34. The molecule has 1 aromatic rings. The summed E-state index contributed by atoms with van der Waals surface area (Å²) in [6.07, 6.45) is 3.85. The Kier molecular flexibility index (Phi) is 3.72. The largest absolute Gasteiger partial charge is 0.355 e. The number of hydrogen-bond acceptors (Lipinski definition) is 4.